The first-order valence-corrected chi connectivity index (χ1v) is 13.0. The van der Waals surface area contributed by atoms with Crippen molar-refractivity contribution in [2.75, 3.05) is 24.6 Å². The molecule has 0 heterocycles. The van der Waals surface area contributed by atoms with E-state index in [4.69, 9.17) is 9.47 Å². The van der Waals surface area contributed by atoms with Crippen LogP contribution in [0.2, 0.25) is 0 Å². The number of nitrogens with zero attached hydrogens (tertiary/aromatic N) is 1. The van der Waals surface area contributed by atoms with Crippen LogP contribution in [0.5, 0.6) is 11.5 Å². The number of hydrogen-bond acceptors (Lipinski definition) is 5. The Morgan fingerprint density at radius 1 is 1.00 bits per heavy atom. The zero-order chi connectivity index (χ0) is 25.4. The molecule has 7 nitrogen and oxygen atoms in total. The lowest BCUT2D eigenvalue weighted by atomic mass is 10.0. The number of aryl methyl sites for hydroxylation is 1. The van der Waals surface area contributed by atoms with E-state index in [0.29, 0.717) is 24.5 Å². The maximum absolute atomic E-state index is 13.5. The lowest BCUT2D eigenvalue weighted by Gasteiger charge is -2.26. The second kappa shape index (κ2) is 11.8. The number of sulfonamides is 1. The van der Waals surface area contributed by atoms with Gasteiger partial charge in [0.2, 0.25) is 5.91 Å². The Balaban J connectivity index is 1.89. The molecule has 0 radical (unpaired) electrons. The predicted molar refractivity (Wildman–Crippen MR) is 137 cm³/mol. The van der Waals surface area contributed by atoms with E-state index in [9.17, 15) is 13.2 Å². The molecule has 186 valence electrons. The Bertz CT molecular complexity index is 1230. The van der Waals surface area contributed by atoms with Crippen molar-refractivity contribution >= 4 is 21.6 Å². The summed E-state index contributed by atoms with van der Waals surface area (Å²) < 4.78 is 39.0. The second-order valence-electron chi connectivity index (χ2n) is 8.01. The zero-order valence-corrected chi connectivity index (χ0v) is 21.3. The first-order chi connectivity index (χ1) is 16.8. The topological polar surface area (TPSA) is 84.9 Å². The third-order valence-electron chi connectivity index (χ3n) is 5.62. The largest absolute Gasteiger partial charge is 0.496 e. The van der Waals surface area contributed by atoms with Crippen molar-refractivity contribution in [2.24, 2.45) is 0 Å². The molecule has 8 heteroatoms. The van der Waals surface area contributed by atoms with Gasteiger partial charge < -0.3 is 14.8 Å². The van der Waals surface area contributed by atoms with Crippen LogP contribution in [-0.2, 0) is 14.8 Å². The number of carbonyl (C=O) groups excluding carboxylic acids is 1. The lowest BCUT2D eigenvalue weighted by Crippen LogP contribution is -2.42. The summed E-state index contributed by atoms with van der Waals surface area (Å²) in [4.78, 5) is 13.3. The van der Waals surface area contributed by atoms with Gasteiger partial charge in [-0.2, -0.15) is 0 Å². The Hall–Kier alpha value is -3.52. The van der Waals surface area contributed by atoms with Crippen molar-refractivity contribution in [1.29, 1.82) is 0 Å². The van der Waals surface area contributed by atoms with Crippen molar-refractivity contribution < 1.29 is 22.7 Å². The molecule has 0 bridgehead atoms. The third kappa shape index (κ3) is 6.33. The van der Waals surface area contributed by atoms with E-state index in [1.807, 2.05) is 39.0 Å². The number of anilines is 1. The average Bonchev–Trinajstić information content (AvgIpc) is 2.87. The SMILES string of the molecule is CCOc1ccc(N(CC(=O)N[C@@H](CC)c2ccc(OC)c(C)c2)S(=O)(=O)c2ccccc2)cc1. The van der Waals surface area contributed by atoms with Gasteiger partial charge in [0.05, 0.1) is 30.3 Å². The van der Waals surface area contributed by atoms with Crippen molar-refractivity contribution in [2.45, 2.75) is 38.1 Å². The molecule has 1 atom stereocenters. The van der Waals surface area contributed by atoms with Crippen LogP contribution in [0.25, 0.3) is 0 Å². The molecular formula is C27H32N2O5S. The Kier molecular flexibility index (Phi) is 8.76. The fourth-order valence-corrected chi connectivity index (χ4v) is 5.26. The van der Waals surface area contributed by atoms with Crippen molar-refractivity contribution in [3.05, 3.63) is 83.9 Å². The molecule has 3 aromatic rings. The van der Waals surface area contributed by atoms with Gasteiger partial charge in [-0.05, 0) is 73.9 Å². The van der Waals surface area contributed by atoms with E-state index in [1.54, 1.807) is 49.6 Å². The molecule has 0 aromatic heterocycles. The molecule has 35 heavy (non-hydrogen) atoms. The van der Waals surface area contributed by atoms with Gasteiger partial charge in [-0.3, -0.25) is 9.10 Å². The van der Waals surface area contributed by atoms with Gasteiger partial charge in [0, 0.05) is 0 Å². The quantitative estimate of drug-likeness (QED) is 0.410. The van der Waals surface area contributed by atoms with Gasteiger partial charge in [-0.15, -0.1) is 0 Å². The minimum Gasteiger partial charge on any atom is -0.496 e. The highest BCUT2D eigenvalue weighted by atomic mass is 32.2. The summed E-state index contributed by atoms with van der Waals surface area (Å²) in [5.74, 6) is 0.989. The van der Waals surface area contributed by atoms with Crippen LogP contribution >= 0.6 is 0 Å². The van der Waals surface area contributed by atoms with E-state index >= 15 is 0 Å². The second-order valence-corrected chi connectivity index (χ2v) is 9.87. The molecule has 0 aliphatic rings. The summed E-state index contributed by atoms with van der Waals surface area (Å²) in [5, 5.41) is 2.99. The summed E-state index contributed by atoms with van der Waals surface area (Å²) in [6.07, 6.45) is 0.645. The Labute approximate surface area is 207 Å². The average molecular weight is 497 g/mol. The van der Waals surface area contributed by atoms with Crippen LogP contribution in [0, 0.1) is 6.92 Å². The van der Waals surface area contributed by atoms with Crippen molar-refractivity contribution in [1.82, 2.24) is 5.32 Å². The molecule has 0 aliphatic carbocycles. The van der Waals surface area contributed by atoms with Crippen molar-refractivity contribution in [3.63, 3.8) is 0 Å². The van der Waals surface area contributed by atoms with Crippen LogP contribution in [0.4, 0.5) is 5.69 Å². The zero-order valence-electron chi connectivity index (χ0n) is 20.5. The molecule has 3 rings (SSSR count). The summed E-state index contributed by atoms with van der Waals surface area (Å²) in [5.41, 5.74) is 2.26. The summed E-state index contributed by atoms with van der Waals surface area (Å²) in [6.45, 7) is 5.92. The van der Waals surface area contributed by atoms with Crippen LogP contribution in [-0.4, -0.2) is 34.6 Å². The number of amides is 1. The first-order valence-electron chi connectivity index (χ1n) is 11.5. The molecule has 1 N–H and O–H groups in total. The van der Waals surface area contributed by atoms with Crippen LogP contribution < -0.4 is 19.1 Å². The fourth-order valence-electron chi connectivity index (χ4n) is 3.82. The molecule has 0 fully saturated rings. The van der Waals surface area contributed by atoms with Gasteiger partial charge in [0.1, 0.15) is 18.0 Å². The van der Waals surface area contributed by atoms with Crippen LogP contribution in [0.1, 0.15) is 37.4 Å². The molecule has 0 spiro atoms. The van der Waals surface area contributed by atoms with Crippen LogP contribution in [0.3, 0.4) is 0 Å². The standard InChI is InChI=1S/C27H32N2O5S/c1-5-25(21-12-17-26(33-4)20(3)18-21)28-27(30)19-29(22-13-15-23(16-14-22)34-6-2)35(31,32)24-10-8-7-9-11-24/h7-18,25H,5-6,19H2,1-4H3,(H,28,30)/t25-/m0/s1. The number of hydrogen-bond donors (Lipinski definition) is 1. The monoisotopic (exact) mass is 496 g/mol. The van der Waals surface area contributed by atoms with Gasteiger partial charge in [0.15, 0.2) is 0 Å². The molecule has 1 amide bonds. The van der Waals surface area contributed by atoms with E-state index < -0.39 is 15.9 Å². The van der Waals surface area contributed by atoms with Gasteiger partial charge >= 0.3 is 0 Å². The molecule has 0 saturated carbocycles. The maximum atomic E-state index is 13.5. The molecule has 3 aromatic carbocycles. The van der Waals surface area contributed by atoms with Crippen molar-refractivity contribution in [3.8, 4) is 11.5 Å². The number of benzene rings is 3. The van der Waals surface area contributed by atoms with Gasteiger partial charge in [-0.1, -0.05) is 37.3 Å². The minimum absolute atomic E-state index is 0.111. The van der Waals surface area contributed by atoms with Gasteiger partial charge in [0.25, 0.3) is 10.0 Å². The third-order valence-corrected chi connectivity index (χ3v) is 7.41. The summed E-state index contributed by atoms with van der Waals surface area (Å²) in [7, 11) is -2.37. The highest BCUT2D eigenvalue weighted by Gasteiger charge is 2.28. The summed E-state index contributed by atoms with van der Waals surface area (Å²) in [6, 6.07) is 20.2. The maximum Gasteiger partial charge on any atom is 0.264 e. The normalized spacial score (nSPS) is 12.0. The fraction of sp³-hybridized carbons (Fsp3) is 0.296. The minimum atomic E-state index is -3.98. The Morgan fingerprint density at radius 3 is 2.26 bits per heavy atom. The number of carbonyl (C=O) groups is 1. The molecular weight excluding hydrogens is 464 g/mol. The highest BCUT2D eigenvalue weighted by molar-refractivity contribution is 7.92. The van der Waals surface area contributed by atoms with E-state index in [-0.39, 0.29) is 17.5 Å². The van der Waals surface area contributed by atoms with E-state index in [1.165, 1.54) is 12.1 Å². The summed E-state index contributed by atoms with van der Waals surface area (Å²) >= 11 is 0. The van der Waals surface area contributed by atoms with E-state index in [0.717, 1.165) is 21.2 Å². The molecule has 0 aliphatic heterocycles. The number of rotatable bonds is 11. The lowest BCUT2D eigenvalue weighted by molar-refractivity contribution is -0.120. The first kappa shape index (κ1) is 26.1. The number of methoxy groups -OCH3 is 1. The smallest absolute Gasteiger partial charge is 0.264 e. The van der Waals surface area contributed by atoms with Gasteiger partial charge in [-0.25, -0.2) is 8.42 Å². The number of ether oxygens (including phenoxy) is 2. The highest BCUT2D eigenvalue weighted by Crippen LogP contribution is 2.27. The predicted octanol–water partition coefficient (Wildman–Crippen LogP) is 4.87. The van der Waals surface area contributed by atoms with Crippen LogP contribution in [0.15, 0.2) is 77.7 Å². The molecule has 0 unspecified atom stereocenters. The van der Waals surface area contributed by atoms with E-state index in [2.05, 4.69) is 5.32 Å². The number of nitrogens with one attached hydrogen (secondary N) is 1. The molecule has 0 saturated heterocycles. The Morgan fingerprint density at radius 2 is 1.69 bits per heavy atom.